The Hall–Kier alpha value is 0.340. The second-order valence-corrected chi connectivity index (χ2v) is 8.35. The van der Waals surface area contributed by atoms with E-state index in [0.29, 0.717) is 6.04 Å². The van der Waals surface area contributed by atoms with Gasteiger partial charge in [0.25, 0.3) is 0 Å². The molecule has 0 saturated heterocycles. The van der Waals surface area contributed by atoms with Gasteiger partial charge in [-0.2, -0.15) is 0 Å². The highest BCUT2D eigenvalue weighted by molar-refractivity contribution is 14.1. The summed E-state index contributed by atoms with van der Waals surface area (Å²) in [6.45, 7) is 3.24. The fraction of sp³-hybridized carbons (Fsp3) is 0.294. The van der Waals surface area contributed by atoms with E-state index in [1.807, 2.05) is 0 Å². The van der Waals surface area contributed by atoms with Crippen LogP contribution in [-0.4, -0.2) is 6.54 Å². The number of halogens is 3. The smallest absolute Gasteiger partial charge is 0.0372 e. The minimum Gasteiger partial charge on any atom is -0.310 e. The number of hydrogen-bond donors (Lipinski definition) is 1. The number of hydrogen-bond acceptors (Lipinski definition) is 1. The molecule has 0 heterocycles. The minimum atomic E-state index is 0.342. The molecule has 112 valence electrons. The molecular weight excluding hydrogens is 552 g/mol. The van der Waals surface area contributed by atoms with E-state index < -0.39 is 0 Å². The Balaban J connectivity index is 2.25. The SMILES string of the molecule is CCCNC(Cc1ccc(I)cc1)c1cc(I)ccc1Br. The van der Waals surface area contributed by atoms with Crippen LogP contribution in [-0.2, 0) is 6.42 Å². The van der Waals surface area contributed by atoms with Crippen LogP contribution in [0, 0.1) is 7.14 Å². The van der Waals surface area contributed by atoms with E-state index >= 15 is 0 Å². The van der Waals surface area contributed by atoms with Gasteiger partial charge in [0, 0.05) is 17.7 Å². The molecule has 0 radical (unpaired) electrons. The molecule has 2 rings (SSSR count). The Labute approximate surface area is 162 Å². The van der Waals surface area contributed by atoms with Crippen molar-refractivity contribution in [2.75, 3.05) is 6.54 Å². The zero-order chi connectivity index (χ0) is 15.2. The molecule has 0 aromatic heterocycles. The van der Waals surface area contributed by atoms with Gasteiger partial charge in [-0.1, -0.05) is 35.0 Å². The predicted molar refractivity (Wildman–Crippen MR) is 111 cm³/mol. The van der Waals surface area contributed by atoms with Gasteiger partial charge < -0.3 is 5.32 Å². The minimum absolute atomic E-state index is 0.342. The summed E-state index contributed by atoms with van der Waals surface area (Å²) in [6.07, 6.45) is 2.15. The average molecular weight is 570 g/mol. The third kappa shape index (κ3) is 5.48. The summed E-state index contributed by atoms with van der Waals surface area (Å²) in [7, 11) is 0. The van der Waals surface area contributed by atoms with Gasteiger partial charge in [0.1, 0.15) is 0 Å². The second kappa shape index (κ2) is 8.84. The lowest BCUT2D eigenvalue weighted by Crippen LogP contribution is -2.24. The van der Waals surface area contributed by atoms with Crippen molar-refractivity contribution in [1.29, 1.82) is 0 Å². The van der Waals surface area contributed by atoms with Crippen LogP contribution in [0.3, 0.4) is 0 Å². The van der Waals surface area contributed by atoms with Crippen LogP contribution in [0.4, 0.5) is 0 Å². The highest BCUT2D eigenvalue weighted by Gasteiger charge is 2.15. The molecule has 0 aliphatic rings. The Morgan fingerprint density at radius 2 is 1.71 bits per heavy atom. The third-order valence-electron chi connectivity index (χ3n) is 3.33. The summed E-state index contributed by atoms with van der Waals surface area (Å²) in [5, 5.41) is 3.68. The van der Waals surface area contributed by atoms with Crippen LogP contribution in [0.1, 0.15) is 30.5 Å². The van der Waals surface area contributed by atoms with E-state index in [1.165, 1.54) is 22.7 Å². The first-order valence-electron chi connectivity index (χ1n) is 7.03. The van der Waals surface area contributed by atoms with E-state index in [0.717, 1.165) is 19.4 Å². The average Bonchev–Trinajstić information content (AvgIpc) is 2.48. The molecule has 1 atom stereocenters. The van der Waals surface area contributed by atoms with Crippen molar-refractivity contribution in [3.8, 4) is 0 Å². The fourth-order valence-electron chi connectivity index (χ4n) is 2.25. The predicted octanol–water partition coefficient (Wildman–Crippen LogP) is 5.94. The Kier molecular flexibility index (Phi) is 7.44. The molecule has 0 aliphatic heterocycles. The maximum Gasteiger partial charge on any atom is 0.0372 e. The quantitative estimate of drug-likeness (QED) is 0.425. The van der Waals surface area contributed by atoms with Gasteiger partial charge in [-0.15, -0.1) is 0 Å². The first-order chi connectivity index (χ1) is 10.1. The van der Waals surface area contributed by atoms with E-state index in [-0.39, 0.29) is 0 Å². The van der Waals surface area contributed by atoms with E-state index in [4.69, 9.17) is 0 Å². The van der Waals surface area contributed by atoms with Crippen LogP contribution >= 0.6 is 61.1 Å². The fourth-order valence-corrected chi connectivity index (χ4v) is 3.65. The summed E-state index contributed by atoms with van der Waals surface area (Å²) < 4.78 is 3.74. The molecule has 0 amide bonds. The molecule has 1 unspecified atom stereocenters. The number of nitrogens with one attached hydrogen (secondary N) is 1. The van der Waals surface area contributed by atoms with Gasteiger partial charge in [-0.3, -0.25) is 0 Å². The molecule has 2 aromatic rings. The molecule has 1 nitrogen and oxygen atoms in total. The monoisotopic (exact) mass is 569 g/mol. The van der Waals surface area contributed by atoms with Gasteiger partial charge in [0.2, 0.25) is 0 Å². The summed E-state index contributed by atoms with van der Waals surface area (Å²) in [6, 6.07) is 15.7. The largest absolute Gasteiger partial charge is 0.310 e. The topological polar surface area (TPSA) is 12.0 Å². The summed E-state index contributed by atoms with van der Waals surface area (Å²) in [5.41, 5.74) is 2.71. The second-order valence-electron chi connectivity index (χ2n) is 5.00. The van der Waals surface area contributed by atoms with Crippen LogP contribution < -0.4 is 5.32 Å². The molecule has 0 spiro atoms. The maximum absolute atomic E-state index is 3.70. The molecule has 0 saturated carbocycles. The van der Waals surface area contributed by atoms with Crippen molar-refractivity contribution in [3.63, 3.8) is 0 Å². The number of rotatable bonds is 6. The van der Waals surface area contributed by atoms with E-state index in [1.54, 1.807) is 0 Å². The molecule has 21 heavy (non-hydrogen) atoms. The van der Waals surface area contributed by atoms with E-state index in [9.17, 15) is 0 Å². The molecule has 4 heteroatoms. The molecule has 0 fully saturated rings. The summed E-state index contributed by atoms with van der Waals surface area (Å²) >= 11 is 8.43. The zero-order valence-corrected chi connectivity index (χ0v) is 17.8. The molecule has 2 aromatic carbocycles. The normalized spacial score (nSPS) is 12.4. The van der Waals surface area contributed by atoms with Crippen molar-refractivity contribution >= 4 is 61.1 Å². The van der Waals surface area contributed by atoms with Gasteiger partial charge in [-0.05, 0) is 106 Å². The lowest BCUT2D eigenvalue weighted by atomic mass is 9.99. The van der Waals surface area contributed by atoms with Crippen molar-refractivity contribution < 1.29 is 0 Å². The van der Waals surface area contributed by atoms with Crippen LogP contribution in [0.15, 0.2) is 46.9 Å². The van der Waals surface area contributed by atoms with Crippen LogP contribution in [0.25, 0.3) is 0 Å². The highest BCUT2D eigenvalue weighted by atomic mass is 127. The standard InChI is InChI=1S/C17H18BrI2N/c1-2-9-21-17(10-12-3-5-13(19)6-4-12)15-11-14(20)7-8-16(15)18/h3-8,11,17,21H,2,9-10H2,1H3. The first kappa shape index (κ1) is 17.7. The maximum atomic E-state index is 3.70. The van der Waals surface area contributed by atoms with Gasteiger partial charge >= 0.3 is 0 Å². The molecular formula is C17H18BrI2N. The lowest BCUT2D eigenvalue weighted by Gasteiger charge is -2.21. The van der Waals surface area contributed by atoms with Gasteiger partial charge in [0.15, 0.2) is 0 Å². The first-order valence-corrected chi connectivity index (χ1v) is 9.98. The lowest BCUT2D eigenvalue weighted by molar-refractivity contribution is 0.527. The van der Waals surface area contributed by atoms with Crippen molar-refractivity contribution in [3.05, 3.63) is 65.2 Å². The Bertz CT molecular complexity index is 584. The Morgan fingerprint density at radius 1 is 1.05 bits per heavy atom. The van der Waals surface area contributed by atoms with Crippen LogP contribution in [0.2, 0.25) is 0 Å². The number of benzene rings is 2. The summed E-state index contributed by atoms with van der Waals surface area (Å²) in [4.78, 5) is 0. The Morgan fingerprint density at radius 3 is 2.38 bits per heavy atom. The van der Waals surface area contributed by atoms with Crippen LogP contribution in [0.5, 0.6) is 0 Å². The van der Waals surface area contributed by atoms with E-state index in [2.05, 4.69) is 116 Å². The van der Waals surface area contributed by atoms with Crippen molar-refractivity contribution in [1.82, 2.24) is 5.32 Å². The van der Waals surface area contributed by atoms with Crippen molar-refractivity contribution in [2.24, 2.45) is 0 Å². The molecule has 1 N–H and O–H groups in total. The summed E-state index contributed by atoms with van der Waals surface area (Å²) in [5.74, 6) is 0. The van der Waals surface area contributed by atoms with Gasteiger partial charge in [-0.25, -0.2) is 0 Å². The highest BCUT2D eigenvalue weighted by Crippen LogP contribution is 2.28. The molecule has 0 bridgehead atoms. The van der Waals surface area contributed by atoms with Gasteiger partial charge in [0.05, 0.1) is 0 Å². The zero-order valence-electron chi connectivity index (χ0n) is 11.9. The molecule has 0 aliphatic carbocycles. The third-order valence-corrected chi connectivity index (χ3v) is 5.44. The van der Waals surface area contributed by atoms with Crippen molar-refractivity contribution in [2.45, 2.75) is 25.8 Å².